The maximum atomic E-state index is 11.7. The first-order chi connectivity index (χ1) is 9.04. The van der Waals surface area contributed by atoms with Crippen molar-refractivity contribution in [1.29, 1.82) is 0 Å². The summed E-state index contributed by atoms with van der Waals surface area (Å²) in [6, 6.07) is 1.20. The Balaban J connectivity index is 1.88. The normalized spacial score (nSPS) is 16.1. The molecule has 1 amide bonds. The Hall–Kier alpha value is -1.89. The van der Waals surface area contributed by atoms with Crippen LogP contribution in [0.2, 0.25) is 0 Å². The highest BCUT2D eigenvalue weighted by Gasteiger charge is 2.41. The fraction of sp³-hybridized carbons (Fsp3) is 0.583. The number of nitrogens with zero attached hydrogens (tertiary/aromatic N) is 1. The maximum absolute atomic E-state index is 11.7. The molecule has 1 aliphatic carbocycles. The molecule has 19 heavy (non-hydrogen) atoms. The van der Waals surface area contributed by atoms with E-state index in [0.29, 0.717) is 13.0 Å². The summed E-state index contributed by atoms with van der Waals surface area (Å²) in [5.74, 6) is -0.279. The van der Waals surface area contributed by atoms with Crippen LogP contribution in [0.15, 0.2) is 21.9 Å². The molecule has 1 saturated carbocycles. The van der Waals surface area contributed by atoms with Crippen molar-refractivity contribution in [3.8, 4) is 0 Å². The molecule has 0 aromatic carbocycles. The molecule has 7 heteroatoms. The molecule has 7 nitrogen and oxygen atoms in total. The van der Waals surface area contributed by atoms with Gasteiger partial charge in [-0.2, -0.15) is 0 Å². The van der Waals surface area contributed by atoms with E-state index >= 15 is 0 Å². The van der Waals surface area contributed by atoms with E-state index in [4.69, 9.17) is 5.11 Å². The minimum Gasteiger partial charge on any atom is -0.396 e. The summed E-state index contributed by atoms with van der Waals surface area (Å²) < 4.78 is 1.14. The zero-order valence-corrected chi connectivity index (χ0v) is 10.5. The zero-order valence-electron chi connectivity index (χ0n) is 10.5. The van der Waals surface area contributed by atoms with Crippen molar-refractivity contribution in [1.82, 2.24) is 14.9 Å². The van der Waals surface area contributed by atoms with Crippen molar-refractivity contribution in [3.63, 3.8) is 0 Å². The van der Waals surface area contributed by atoms with E-state index in [1.165, 1.54) is 12.3 Å². The summed E-state index contributed by atoms with van der Waals surface area (Å²) >= 11 is 0. The molecule has 0 bridgehead atoms. The topological polar surface area (TPSA) is 104 Å². The number of carbonyl (C=O) groups is 1. The third kappa shape index (κ3) is 3.54. The van der Waals surface area contributed by atoms with E-state index in [1.54, 1.807) is 0 Å². The van der Waals surface area contributed by atoms with Crippen molar-refractivity contribution in [3.05, 3.63) is 33.1 Å². The largest absolute Gasteiger partial charge is 0.396 e. The summed E-state index contributed by atoms with van der Waals surface area (Å²) in [5, 5.41) is 11.7. The number of H-pyrrole nitrogens is 1. The Kier molecular flexibility index (Phi) is 3.84. The smallest absolute Gasteiger partial charge is 0.328 e. The highest BCUT2D eigenvalue weighted by molar-refractivity contribution is 5.75. The Morgan fingerprint density at radius 2 is 2.21 bits per heavy atom. The van der Waals surface area contributed by atoms with Crippen molar-refractivity contribution in [2.75, 3.05) is 13.2 Å². The quantitative estimate of drug-likeness (QED) is 0.603. The van der Waals surface area contributed by atoms with Crippen LogP contribution in [0, 0.1) is 5.41 Å². The van der Waals surface area contributed by atoms with Crippen molar-refractivity contribution >= 4 is 5.91 Å². The van der Waals surface area contributed by atoms with Gasteiger partial charge in [-0.15, -0.1) is 0 Å². The number of aliphatic hydroxyl groups is 1. The second-order valence-corrected chi connectivity index (χ2v) is 4.99. The van der Waals surface area contributed by atoms with Crippen LogP contribution in [-0.4, -0.2) is 33.7 Å². The van der Waals surface area contributed by atoms with Gasteiger partial charge in [0.2, 0.25) is 5.91 Å². The highest BCUT2D eigenvalue weighted by atomic mass is 16.3. The van der Waals surface area contributed by atoms with Crippen LogP contribution in [0.4, 0.5) is 0 Å². The van der Waals surface area contributed by atoms with Gasteiger partial charge >= 0.3 is 5.69 Å². The van der Waals surface area contributed by atoms with Crippen LogP contribution < -0.4 is 16.6 Å². The number of carbonyl (C=O) groups excluding carboxylic acids is 1. The number of rotatable bonds is 6. The molecule has 1 aliphatic rings. The molecular weight excluding hydrogens is 250 g/mol. The first-order valence-corrected chi connectivity index (χ1v) is 6.22. The average Bonchev–Trinajstić information content (AvgIpc) is 3.11. The van der Waals surface area contributed by atoms with Gasteiger partial charge in [-0.05, 0) is 24.7 Å². The lowest BCUT2D eigenvalue weighted by molar-refractivity contribution is -0.122. The molecule has 1 aromatic rings. The van der Waals surface area contributed by atoms with Gasteiger partial charge in [0.15, 0.2) is 0 Å². The fourth-order valence-corrected chi connectivity index (χ4v) is 1.99. The third-order valence-corrected chi connectivity index (χ3v) is 3.47. The monoisotopic (exact) mass is 267 g/mol. The van der Waals surface area contributed by atoms with Crippen LogP contribution in [0.3, 0.4) is 0 Å². The summed E-state index contributed by atoms with van der Waals surface area (Å²) in [4.78, 5) is 36.0. The SMILES string of the molecule is O=C(Cn1ccc(=O)[nH]c1=O)NCC1(CCO)CC1. The van der Waals surface area contributed by atoms with E-state index < -0.39 is 11.2 Å². The van der Waals surface area contributed by atoms with Crippen LogP contribution in [0.5, 0.6) is 0 Å². The predicted octanol–water partition coefficient (Wildman–Crippen LogP) is -1.18. The molecule has 0 aliphatic heterocycles. The Morgan fingerprint density at radius 3 is 2.79 bits per heavy atom. The van der Waals surface area contributed by atoms with Gasteiger partial charge in [-0.25, -0.2) is 4.79 Å². The van der Waals surface area contributed by atoms with Gasteiger partial charge in [0.05, 0.1) is 0 Å². The Labute approximate surface area is 109 Å². The summed E-state index contributed by atoms with van der Waals surface area (Å²) in [6.07, 6.45) is 3.99. The second kappa shape index (κ2) is 5.40. The first kappa shape index (κ1) is 13.5. The van der Waals surface area contributed by atoms with Crippen LogP contribution in [0.25, 0.3) is 0 Å². The molecule has 3 N–H and O–H groups in total. The molecule has 0 atom stereocenters. The van der Waals surface area contributed by atoms with Crippen LogP contribution in [0.1, 0.15) is 19.3 Å². The standard InChI is InChI=1S/C12H17N3O4/c16-6-4-12(2-3-12)8-13-10(18)7-15-5-1-9(17)14-11(15)19/h1,5,16H,2-4,6-8H2,(H,13,18)(H,14,17,19). The Morgan fingerprint density at radius 1 is 1.47 bits per heavy atom. The number of hydrogen-bond acceptors (Lipinski definition) is 4. The molecule has 0 spiro atoms. The lowest BCUT2D eigenvalue weighted by atomic mass is 10.0. The van der Waals surface area contributed by atoms with Gasteiger partial charge in [0, 0.05) is 25.4 Å². The maximum Gasteiger partial charge on any atom is 0.328 e. The van der Waals surface area contributed by atoms with Gasteiger partial charge in [-0.3, -0.25) is 19.1 Å². The zero-order chi connectivity index (χ0) is 13.9. The minimum atomic E-state index is -0.598. The molecule has 0 saturated heterocycles. The lowest BCUT2D eigenvalue weighted by Crippen LogP contribution is -2.37. The van der Waals surface area contributed by atoms with Crippen molar-refractivity contribution in [2.24, 2.45) is 5.41 Å². The van der Waals surface area contributed by atoms with Gasteiger partial charge < -0.3 is 10.4 Å². The number of aromatic amines is 1. The van der Waals surface area contributed by atoms with E-state index in [0.717, 1.165) is 17.4 Å². The van der Waals surface area contributed by atoms with E-state index in [9.17, 15) is 14.4 Å². The predicted molar refractivity (Wildman–Crippen MR) is 67.7 cm³/mol. The molecule has 2 rings (SSSR count). The summed E-state index contributed by atoms with van der Waals surface area (Å²) in [6.45, 7) is 0.518. The Bertz CT molecular complexity index is 571. The summed E-state index contributed by atoms with van der Waals surface area (Å²) in [7, 11) is 0. The molecular formula is C12H17N3O4. The first-order valence-electron chi connectivity index (χ1n) is 6.22. The van der Waals surface area contributed by atoms with Gasteiger partial charge in [0.1, 0.15) is 6.54 Å². The lowest BCUT2D eigenvalue weighted by Gasteiger charge is -2.14. The van der Waals surface area contributed by atoms with Gasteiger partial charge in [-0.1, -0.05) is 0 Å². The fourth-order valence-electron chi connectivity index (χ4n) is 1.99. The minimum absolute atomic E-state index is 0.0420. The van der Waals surface area contributed by atoms with Gasteiger partial charge in [0.25, 0.3) is 5.56 Å². The molecule has 1 aromatic heterocycles. The van der Waals surface area contributed by atoms with Crippen LogP contribution in [-0.2, 0) is 11.3 Å². The molecule has 0 radical (unpaired) electrons. The average molecular weight is 267 g/mol. The number of hydrogen-bond donors (Lipinski definition) is 3. The number of aliphatic hydroxyl groups excluding tert-OH is 1. The second-order valence-electron chi connectivity index (χ2n) is 4.99. The molecule has 0 unspecified atom stereocenters. The number of amides is 1. The van der Waals surface area contributed by atoms with Crippen LogP contribution >= 0.6 is 0 Å². The molecule has 104 valence electrons. The third-order valence-electron chi connectivity index (χ3n) is 3.47. The molecule has 1 heterocycles. The summed E-state index contributed by atoms with van der Waals surface area (Å²) in [5.41, 5.74) is -1.04. The van der Waals surface area contributed by atoms with Crippen molar-refractivity contribution in [2.45, 2.75) is 25.8 Å². The highest BCUT2D eigenvalue weighted by Crippen LogP contribution is 2.47. The number of nitrogens with one attached hydrogen (secondary N) is 2. The van der Waals surface area contributed by atoms with Crippen molar-refractivity contribution < 1.29 is 9.90 Å². The number of aromatic nitrogens is 2. The van der Waals surface area contributed by atoms with E-state index in [1.807, 2.05) is 0 Å². The molecule has 1 fully saturated rings. The van der Waals surface area contributed by atoms with E-state index in [2.05, 4.69) is 10.3 Å². The van der Waals surface area contributed by atoms with E-state index in [-0.39, 0.29) is 24.5 Å².